The summed E-state index contributed by atoms with van der Waals surface area (Å²) < 4.78 is 40.2. The topological polar surface area (TPSA) is 36.9 Å². The van der Waals surface area contributed by atoms with Gasteiger partial charge in [0.2, 0.25) is 0 Å². The molecule has 0 bridgehead atoms. The average Bonchev–Trinajstić information content (AvgIpc) is 2.35. The van der Waals surface area contributed by atoms with Gasteiger partial charge in [-0.3, -0.25) is 0 Å². The number of alkyl halides is 3. The molecule has 0 aliphatic carbocycles. The van der Waals surface area contributed by atoms with E-state index in [1.54, 1.807) is 6.07 Å². The summed E-state index contributed by atoms with van der Waals surface area (Å²) in [7, 11) is 0. The molecule has 1 aromatic rings. The molecular weight excluding hydrogens is 171 g/mol. The van der Waals surface area contributed by atoms with Crippen molar-refractivity contribution in [3.05, 3.63) is 23.7 Å². The summed E-state index contributed by atoms with van der Waals surface area (Å²) in [6.45, 7) is 0. The monoisotopic (exact) mass is 175 g/mol. The normalized spacial score (nSPS) is 11.2. The summed E-state index contributed by atoms with van der Waals surface area (Å²) in [5.41, 5.74) is -0.854. The van der Waals surface area contributed by atoms with Crippen molar-refractivity contribution in [3.8, 4) is 6.07 Å². The molecule has 0 atom stereocenters. The fourth-order valence-electron chi connectivity index (χ4n) is 0.700. The number of nitrogens with zero attached hydrogens (tertiary/aromatic N) is 1. The van der Waals surface area contributed by atoms with Gasteiger partial charge in [-0.15, -0.1) is 0 Å². The van der Waals surface area contributed by atoms with Gasteiger partial charge in [0.15, 0.2) is 0 Å². The van der Waals surface area contributed by atoms with E-state index in [1.165, 1.54) is 0 Å². The molecular formula is C7H4F3NO. The second kappa shape index (κ2) is 2.89. The molecule has 2 nitrogen and oxygen atoms in total. The van der Waals surface area contributed by atoms with Crippen LogP contribution in [0.25, 0.3) is 0 Å². The molecule has 0 spiro atoms. The molecule has 0 saturated heterocycles. The molecule has 0 radical (unpaired) electrons. The molecule has 0 unspecified atom stereocenters. The van der Waals surface area contributed by atoms with Gasteiger partial charge in [-0.05, 0) is 6.07 Å². The molecule has 1 heterocycles. The predicted molar refractivity (Wildman–Crippen MR) is 33.0 cm³/mol. The standard InChI is InChI=1S/C7H4F3NO/c8-7(9,10)5-3-6(1-2-11)12-4-5/h3-4H,1H2. The van der Waals surface area contributed by atoms with Crippen LogP contribution in [0.15, 0.2) is 16.7 Å². The van der Waals surface area contributed by atoms with Crippen molar-refractivity contribution in [3.63, 3.8) is 0 Å². The van der Waals surface area contributed by atoms with E-state index in [1.807, 2.05) is 0 Å². The van der Waals surface area contributed by atoms with Crippen molar-refractivity contribution in [1.29, 1.82) is 5.26 Å². The summed E-state index contributed by atoms with van der Waals surface area (Å²) in [5, 5.41) is 8.14. The van der Waals surface area contributed by atoms with Crippen LogP contribution in [0.2, 0.25) is 0 Å². The van der Waals surface area contributed by atoms with Gasteiger partial charge in [0.25, 0.3) is 0 Å². The Balaban J connectivity index is 2.86. The lowest BCUT2D eigenvalue weighted by Crippen LogP contribution is -2.02. The zero-order chi connectivity index (χ0) is 9.19. The van der Waals surface area contributed by atoms with E-state index in [9.17, 15) is 13.2 Å². The Labute approximate surface area is 66.2 Å². The molecule has 0 aromatic carbocycles. The van der Waals surface area contributed by atoms with Crippen molar-refractivity contribution in [2.24, 2.45) is 0 Å². The summed E-state index contributed by atoms with van der Waals surface area (Å²) >= 11 is 0. The van der Waals surface area contributed by atoms with Crippen molar-refractivity contribution < 1.29 is 17.6 Å². The number of hydrogen-bond acceptors (Lipinski definition) is 2. The number of rotatable bonds is 1. The molecule has 5 heteroatoms. The molecule has 1 aromatic heterocycles. The van der Waals surface area contributed by atoms with Gasteiger partial charge in [-0.1, -0.05) is 0 Å². The highest BCUT2D eigenvalue weighted by Gasteiger charge is 2.32. The zero-order valence-electron chi connectivity index (χ0n) is 5.85. The van der Waals surface area contributed by atoms with Crippen LogP contribution in [0.4, 0.5) is 13.2 Å². The fraction of sp³-hybridized carbons (Fsp3) is 0.286. The average molecular weight is 175 g/mol. The summed E-state index contributed by atoms with van der Waals surface area (Å²) in [4.78, 5) is 0. The quantitative estimate of drug-likeness (QED) is 0.656. The van der Waals surface area contributed by atoms with E-state index in [2.05, 4.69) is 4.42 Å². The number of halogens is 3. The van der Waals surface area contributed by atoms with Crippen LogP contribution >= 0.6 is 0 Å². The van der Waals surface area contributed by atoms with E-state index in [0.29, 0.717) is 6.26 Å². The maximum absolute atomic E-state index is 11.9. The SMILES string of the molecule is N#CCc1cc(C(F)(F)F)co1. The molecule has 0 amide bonds. The van der Waals surface area contributed by atoms with E-state index in [4.69, 9.17) is 5.26 Å². The Kier molecular flexibility index (Phi) is 2.09. The second-order valence-corrected chi connectivity index (χ2v) is 2.13. The van der Waals surface area contributed by atoms with Gasteiger partial charge in [0.05, 0.1) is 18.1 Å². The number of hydrogen-bond donors (Lipinski definition) is 0. The predicted octanol–water partition coefficient (Wildman–Crippen LogP) is 2.36. The summed E-state index contributed by atoms with van der Waals surface area (Å²) in [5.74, 6) is 0.0322. The first-order valence-electron chi connectivity index (χ1n) is 3.05. The van der Waals surface area contributed by atoms with Crippen LogP contribution in [-0.4, -0.2) is 0 Å². The maximum Gasteiger partial charge on any atom is 0.419 e. The van der Waals surface area contributed by atoms with Crippen molar-refractivity contribution in [2.45, 2.75) is 12.6 Å². The highest BCUT2D eigenvalue weighted by molar-refractivity contribution is 5.17. The van der Waals surface area contributed by atoms with Crippen LogP contribution in [0.3, 0.4) is 0 Å². The minimum atomic E-state index is -4.39. The molecule has 12 heavy (non-hydrogen) atoms. The van der Waals surface area contributed by atoms with E-state index < -0.39 is 11.7 Å². The Bertz CT molecular complexity index is 307. The van der Waals surface area contributed by atoms with Gasteiger partial charge < -0.3 is 4.42 Å². The van der Waals surface area contributed by atoms with Crippen molar-refractivity contribution >= 4 is 0 Å². The summed E-state index contributed by atoms with van der Waals surface area (Å²) in [6, 6.07) is 2.51. The first-order chi connectivity index (χ1) is 5.54. The fourth-order valence-corrected chi connectivity index (χ4v) is 0.700. The number of nitriles is 1. The lowest BCUT2D eigenvalue weighted by atomic mass is 10.3. The molecule has 0 aliphatic heterocycles. The van der Waals surface area contributed by atoms with Crippen LogP contribution in [-0.2, 0) is 12.6 Å². The highest BCUT2D eigenvalue weighted by atomic mass is 19.4. The first-order valence-corrected chi connectivity index (χ1v) is 3.05. The third kappa shape index (κ3) is 1.78. The second-order valence-electron chi connectivity index (χ2n) is 2.13. The smallest absolute Gasteiger partial charge is 0.419 e. The lowest BCUT2D eigenvalue weighted by molar-refractivity contribution is -0.137. The Morgan fingerprint density at radius 1 is 1.50 bits per heavy atom. The third-order valence-electron chi connectivity index (χ3n) is 1.23. The van der Waals surface area contributed by atoms with Gasteiger partial charge in [-0.2, -0.15) is 18.4 Å². The van der Waals surface area contributed by atoms with Crippen LogP contribution < -0.4 is 0 Å². The van der Waals surface area contributed by atoms with Gasteiger partial charge in [-0.25, -0.2) is 0 Å². The Hall–Kier alpha value is -1.44. The van der Waals surface area contributed by atoms with Crippen LogP contribution in [0, 0.1) is 11.3 Å². The van der Waals surface area contributed by atoms with Crippen molar-refractivity contribution in [1.82, 2.24) is 0 Å². The molecule has 0 fully saturated rings. The summed E-state index contributed by atoms with van der Waals surface area (Å²) in [6.07, 6.45) is -3.93. The van der Waals surface area contributed by atoms with E-state index in [-0.39, 0.29) is 12.2 Å². The molecule has 0 saturated carbocycles. The first kappa shape index (κ1) is 8.65. The van der Waals surface area contributed by atoms with Gasteiger partial charge in [0.1, 0.15) is 12.0 Å². The minimum absolute atomic E-state index is 0.0322. The van der Waals surface area contributed by atoms with Crippen molar-refractivity contribution in [2.75, 3.05) is 0 Å². The third-order valence-corrected chi connectivity index (χ3v) is 1.23. The van der Waals surface area contributed by atoms with E-state index in [0.717, 1.165) is 6.07 Å². The van der Waals surface area contributed by atoms with E-state index >= 15 is 0 Å². The van der Waals surface area contributed by atoms with Gasteiger partial charge in [0, 0.05) is 0 Å². The Morgan fingerprint density at radius 3 is 2.58 bits per heavy atom. The van der Waals surface area contributed by atoms with Crippen LogP contribution in [0.5, 0.6) is 0 Å². The molecule has 0 N–H and O–H groups in total. The molecule has 64 valence electrons. The molecule has 0 aliphatic rings. The number of furan rings is 1. The van der Waals surface area contributed by atoms with Crippen LogP contribution in [0.1, 0.15) is 11.3 Å². The minimum Gasteiger partial charge on any atom is -0.468 e. The lowest BCUT2D eigenvalue weighted by Gasteiger charge is -1.99. The Morgan fingerprint density at radius 2 is 2.17 bits per heavy atom. The van der Waals surface area contributed by atoms with Gasteiger partial charge >= 0.3 is 6.18 Å². The highest BCUT2D eigenvalue weighted by Crippen LogP contribution is 2.30. The molecule has 1 rings (SSSR count). The largest absolute Gasteiger partial charge is 0.468 e. The maximum atomic E-state index is 11.9. The zero-order valence-corrected chi connectivity index (χ0v) is 5.85.